The molecule has 6 heteroatoms. The largest absolute Gasteiger partial charge is 0.457 e. The first-order valence-electron chi connectivity index (χ1n) is 7.86. The predicted octanol–water partition coefficient (Wildman–Crippen LogP) is 4.74. The summed E-state index contributed by atoms with van der Waals surface area (Å²) in [5.74, 6) is -0.164. The zero-order valence-electron chi connectivity index (χ0n) is 13.7. The number of esters is 1. The number of nitro groups is 1. The second-order valence-electron chi connectivity index (χ2n) is 5.42. The Morgan fingerprint density at radius 2 is 1.58 bits per heavy atom. The molecular formula is C20H15NO5. The smallest absolute Gasteiger partial charge is 0.338 e. The summed E-state index contributed by atoms with van der Waals surface area (Å²) in [6.07, 6.45) is 0. The topological polar surface area (TPSA) is 78.7 Å². The van der Waals surface area contributed by atoms with E-state index in [0.717, 1.165) is 5.56 Å². The summed E-state index contributed by atoms with van der Waals surface area (Å²) in [7, 11) is 0. The van der Waals surface area contributed by atoms with Gasteiger partial charge in [-0.1, -0.05) is 48.5 Å². The zero-order valence-corrected chi connectivity index (χ0v) is 13.7. The summed E-state index contributed by atoms with van der Waals surface area (Å²) in [4.78, 5) is 22.9. The molecule has 0 heterocycles. The van der Waals surface area contributed by atoms with Crippen molar-refractivity contribution in [3.8, 4) is 11.5 Å². The molecule has 0 aliphatic carbocycles. The molecule has 0 saturated heterocycles. The first-order valence-corrected chi connectivity index (χ1v) is 7.86. The molecule has 0 aliphatic rings. The molecule has 0 amide bonds. The standard InChI is InChI=1S/C20H15NO5/c22-20(25-14-15-7-3-1-4-8-15)16-11-12-18(21(23)24)19(13-16)26-17-9-5-2-6-10-17/h1-13H,14H2. The Kier molecular flexibility index (Phi) is 5.24. The molecular weight excluding hydrogens is 334 g/mol. The van der Waals surface area contributed by atoms with Gasteiger partial charge in [0.25, 0.3) is 0 Å². The molecule has 3 aromatic carbocycles. The van der Waals surface area contributed by atoms with Gasteiger partial charge in [-0.3, -0.25) is 10.1 Å². The van der Waals surface area contributed by atoms with E-state index in [9.17, 15) is 14.9 Å². The van der Waals surface area contributed by atoms with Crippen molar-refractivity contribution in [2.75, 3.05) is 0 Å². The number of nitro benzene ring substituents is 1. The van der Waals surface area contributed by atoms with Gasteiger partial charge >= 0.3 is 11.7 Å². The van der Waals surface area contributed by atoms with Crippen LogP contribution in [0.2, 0.25) is 0 Å². The number of carbonyl (C=O) groups is 1. The van der Waals surface area contributed by atoms with Crippen LogP contribution >= 0.6 is 0 Å². The van der Waals surface area contributed by atoms with Gasteiger partial charge in [-0.25, -0.2) is 4.79 Å². The van der Waals surface area contributed by atoms with Gasteiger partial charge in [0.1, 0.15) is 12.4 Å². The molecule has 0 aromatic heterocycles. The Hall–Kier alpha value is -3.67. The summed E-state index contributed by atoms with van der Waals surface area (Å²) in [5, 5.41) is 11.2. The van der Waals surface area contributed by atoms with Gasteiger partial charge in [-0.05, 0) is 23.8 Å². The molecule has 0 spiro atoms. The zero-order chi connectivity index (χ0) is 18.4. The number of benzene rings is 3. The van der Waals surface area contributed by atoms with Gasteiger partial charge in [0.05, 0.1) is 10.5 Å². The van der Waals surface area contributed by atoms with E-state index < -0.39 is 10.9 Å². The molecule has 0 bridgehead atoms. The lowest BCUT2D eigenvalue weighted by molar-refractivity contribution is -0.385. The van der Waals surface area contributed by atoms with E-state index in [1.165, 1.54) is 18.2 Å². The molecule has 26 heavy (non-hydrogen) atoms. The van der Waals surface area contributed by atoms with Crippen molar-refractivity contribution in [2.24, 2.45) is 0 Å². The summed E-state index contributed by atoms with van der Waals surface area (Å²) >= 11 is 0. The molecule has 0 saturated carbocycles. The Morgan fingerprint density at radius 1 is 0.923 bits per heavy atom. The molecule has 130 valence electrons. The monoisotopic (exact) mass is 349 g/mol. The lowest BCUT2D eigenvalue weighted by Crippen LogP contribution is -2.06. The highest BCUT2D eigenvalue weighted by Crippen LogP contribution is 2.32. The van der Waals surface area contributed by atoms with Crippen molar-refractivity contribution in [2.45, 2.75) is 6.61 Å². The average Bonchev–Trinajstić information content (AvgIpc) is 2.67. The predicted molar refractivity (Wildman–Crippen MR) is 95.2 cm³/mol. The van der Waals surface area contributed by atoms with E-state index in [1.54, 1.807) is 30.3 Å². The SMILES string of the molecule is O=C(OCc1ccccc1)c1ccc([N+](=O)[O-])c(Oc2ccccc2)c1. The van der Waals surface area contributed by atoms with E-state index in [4.69, 9.17) is 9.47 Å². The highest BCUT2D eigenvalue weighted by molar-refractivity contribution is 5.90. The lowest BCUT2D eigenvalue weighted by atomic mass is 10.2. The van der Waals surface area contributed by atoms with Crippen LogP contribution in [0.1, 0.15) is 15.9 Å². The number of rotatable bonds is 6. The maximum atomic E-state index is 12.3. The van der Waals surface area contributed by atoms with Crippen LogP contribution in [-0.2, 0) is 11.3 Å². The first-order chi connectivity index (χ1) is 12.6. The van der Waals surface area contributed by atoms with Crippen molar-refractivity contribution in [1.82, 2.24) is 0 Å². The van der Waals surface area contributed by atoms with Gasteiger partial charge in [0, 0.05) is 12.1 Å². The molecule has 6 nitrogen and oxygen atoms in total. The fraction of sp³-hybridized carbons (Fsp3) is 0.0500. The van der Waals surface area contributed by atoms with Gasteiger partial charge < -0.3 is 9.47 Å². The van der Waals surface area contributed by atoms with Crippen LogP contribution in [0.4, 0.5) is 5.69 Å². The minimum atomic E-state index is -0.582. The molecule has 0 radical (unpaired) electrons. The lowest BCUT2D eigenvalue weighted by Gasteiger charge is -2.09. The Balaban J connectivity index is 1.80. The number of carbonyl (C=O) groups excluding carboxylic acids is 1. The fourth-order valence-electron chi connectivity index (χ4n) is 2.30. The molecule has 3 aromatic rings. The first kappa shape index (κ1) is 17.2. The Bertz CT molecular complexity index is 910. The number of hydrogen-bond acceptors (Lipinski definition) is 5. The summed E-state index contributed by atoms with van der Waals surface area (Å²) < 4.78 is 10.8. The number of ether oxygens (including phenoxy) is 2. The van der Waals surface area contributed by atoms with E-state index in [-0.39, 0.29) is 23.6 Å². The van der Waals surface area contributed by atoms with Crippen LogP contribution in [0.3, 0.4) is 0 Å². The second kappa shape index (κ2) is 7.94. The third-order valence-electron chi connectivity index (χ3n) is 3.58. The van der Waals surface area contributed by atoms with Crippen LogP contribution in [0.5, 0.6) is 11.5 Å². The highest BCUT2D eigenvalue weighted by Gasteiger charge is 2.19. The van der Waals surface area contributed by atoms with Crippen LogP contribution in [0.15, 0.2) is 78.9 Å². The molecule has 0 aliphatic heterocycles. The van der Waals surface area contributed by atoms with E-state index >= 15 is 0 Å². The van der Waals surface area contributed by atoms with Crippen LogP contribution in [-0.4, -0.2) is 10.9 Å². The average molecular weight is 349 g/mol. The van der Waals surface area contributed by atoms with E-state index in [2.05, 4.69) is 0 Å². The third-order valence-corrected chi connectivity index (χ3v) is 3.58. The summed E-state index contributed by atoms with van der Waals surface area (Å²) in [6, 6.07) is 21.8. The fourth-order valence-corrected chi connectivity index (χ4v) is 2.30. The van der Waals surface area contributed by atoms with Crippen LogP contribution in [0, 0.1) is 10.1 Å². The van der Waals surface area contributed by atoms with Crippen molar-refractivity contribution >= 4 is 11.7 Å². The molecule has 0 unspecified atom stereocenters. The van der Waals surface area contributed by atoms with Crippen molar-refractivity contribution in [1.29, 1.82) is 0 Å². The van der Waals surface area contributed by atoms with Gasteiger partial charge in [0.15, 0.2) is 0 Å². The minimum Gasteiger partial charge on any atom is -0.457 e. The molecule has 0 N–H and O–H groups in total. The number of para-hydroxylation sites is 1. The number of hydrogen-bond donors (Lipinski definition) is 0. The van der Waals surface area contributed by atoms with Gasteiger partial charge in [-0.15, -0.1) is 0 Å². The van der Waals surface area contributed by atoms with Gasteiger partial charge in [0.2, 0.25) is 5.75 Å². The van der Waals surface area contributed by atoms with Crippen molar-refractivity contribution < 1.29 is 19.2 Å². The molecule has 0 fully saturated rings. The third kappa shape index (κ3) is 4.24. The van der Waals surface area contributed by atoms with Crippen molar-refractivity contribution in [3.63, 3.8) is 0 Å². The van der Waals surface area contributed by atoms with Crippen molar-refractivity contribution in [3.05, 3.63) is 100 Å². The normalized spacial score (nSPS) is 10.2. The highest BCUT2D eigenvalue weighted by atomic mass is 16.6. The number of nitrogens with zero attached hydrogens (tertiary/aromatic N) is 1. The minimum absolute atomic E-state index is 0.0182. The second-order valence-corrected chi connectivity index (χ2v) is 5.42. The van der Waals surface area contributed by atoms with Crippen LogP contribution in [0.25, 0.3) is 0 Å². The summed E-state index contributed by atoms with van der Waals surface area (Å²) in [6.45, 7) is 0.117. The Morgan fingerprint density at radius 3 is 2.23 bits per heavy atom. The quantitative estimate of drug-likeness (QED) is 0.365. The van der Waals surface area contributed by atoms with E-state index in [0.29, 0.717) is 5.75 Å². The Labute approximate surface area is 149 Å². The van der Waals surface area contributed by atoms with Gasteiger partial charge in [-0.2, -0.15) is 0 Å². The molecule has 3 rings (SSSR count). The maximum absolute atomic E-state index is 12.3. The molecule has 0 atom stereocenters. The van der Waals surface area contributed by atoms with E-state index in [1.807, 2.05) is 30.3 Å². The summed E-state index contributed by atoms with van der Waals surface area (Å²) in [5.41, 5.74) is 0.800. The van der Waals surface area contributed by atoms with Crippen LogP contribution < -0.4 is 4.74 Å². The maximum Gasteiger partial charge on any atom is 0.338 e.